The predicted molar refractivity (Wildman–Crippen MR) is 295 cm³/mol. The quantitative estimate of drug-likeness (QED) is 0.0269. The van der Waals surface area contributed by atoms with E-state index in [-0.39, 0.29) is 30.2 Å². The molecule has 2 aromatic heterocycles. The third-order valence-corrected chi connectivity index (χ3v) is 16.4. The highest BCUT2D eigenvalue weighted by Gasteiger charge is 2.43. The lowest BCUT2D eigenvalue weighted by atomic mass is 9.85. The van der Waals surface area contributed by atoms with Gasteiger partial charge in [-0.25, -0.2) is 9.97 Å². The van der Waals surface area contributed by atoms with E-state index in [0.717, 1.165) is 96.5 Å². The minimum Gasteiger partial charge on any atom is -0.494 e. The summed E-state index contributed by atoms with van der Waals surface area (Å²) in [6.07, 6.45) is 9.82. The van der Waals surface area contributed by atoms with E-state index in [1.807, 2.05) is 93.9 Å². The second-order valence-electron chi connectivity index (χ2n) is 20.6. The number of carbonyl (C=O) groups excluding carboxylic acids is 2. The molecule has 0 radical (unpaired) electrons. The van der Waals surface area contributed by atoms with Crippen molar-refractivity contribution in [3.05, 3.63) is 94.7 Å². The van der Waals surface area contributed by atoms with Crippen LogP contribution in [0.1, 0.15) is 89.8 Å². The highest BCUT2D eigenvalue weighted by Crippen LogP contribution is 2.39. The predicted octanol–water partition coefficient (Wildman–Crippen LogP) is 9.49. The Bertz CT molecular complexity index is 2630. The number of rotatable bonds is 23. The van der Waals surface area contributed by atoms with Crippen LogP contribution in [0.25, 0.3) is 10.4 Å². The van der Waals surface area contributed by atoms with Crippen LogP contribution in [0.3, 0.4) is 0 Å². The zero-order valence-corrected chi connectivity index (χ0v) is 45.4. The number of β-amino-alcohol motifs (C(OH)–C–C–N with tert-alkyl or cyclic N) is 1. The average molecular weight is 1040 g/mol. The zero-order chi connectivity index (χ0) is 51.4. The Morgan fingerprint density at radius 2 is 1.64 bits per heavy atom. The summed E-state index contributed by atoms with van der Waals surface area (Å²) >= 11 is 8.10. The van der Waals surface area contributed by atoms with Crippen LogP contribution < -0.4 is 41.5 Å². The van der Waals surface area contributed by atoms with Gasteiger partial charge in [-0.15, -0.1) is 11.3 Å². The number of likely N-dealkylation sites (tertiary alicyclic amines) is 1. The molecule has 2 saturated heterocycles. The molecule has 4 heterocycles. The number of aliphatic hydroxyl groups excluding tert-OH is 1. The molecule has 0 saturated carbocycles. The highest BCUT2D eigenvalue weighted by molar-refractivity contribution is 7.70. The summed E-state index contributed by atoms with van der Waals surface area (Å²) < 4.78 is 18.7. The molecule has 6 N–H and O–H groups in total. The minimum absolute atomic E-state index is 0.133. The van der Waals surface area contributed by atoms with Gasteiger partial charge in [-0.2, -0.15) is 4.98 Å². The number of carbonyl (C=O) groups is 2. The second-order valence-corrected chi connectivity index (χ2v) is 25.0. The van der Waals surface area contributed by atoms with Crippen LogP contribution in [0.4, 0.5) is 28.8 Å². The van der Waals surface area contributed by atoms with Crippen molar-refractivity contribution in [3.8, 4) is 16.2 Å². The molecule has 5 aromatic rings. The third kappa shape index (κ3) is 14.8. The van der Waals surface area contributed by atoms with E-state index >= 15 is 0 Å². The Morgan fingerprint density at radius 3 is 2.32 bits per heavy atom. The number of halogens is 1. The summed E-state index contributed by atoms with van der Waals surface area (Å²) in [5.74, 6) is 1.05. The first-order valence-corrected chi connectivity index (χ1v) is 29.2. The van der Waals surface area contributed by atoms with E-state index in [0.29, 0.717) is 47.4 Å². The van der Waals surface area contributed by atoms with Gasteiger partial charge in [0.1, 0.15) is 24.0 Å². The Labute approximate surface area is 435 Å². The molecule has 72 heavy (non-hydrogen) atoms. The second kappa shape index (κ2) is 25.2. The van der Waals surface area contributed by atoms with E-state index in [9.17, 15) is 19.3 Å². The van der Waals surface area contributed by atoms with Gasteiger partial charge < -0.3 is 50.8 Å². The molecule has 15 nitrogen and oxygen atoms in total. The topological polar surface area (TPSA) is 186 Å². The van der Waals surface area contributed by atoms with E-state index in [1.165, 1.54) is 19.0 Å². The van der Waals surface area contributed by atoms with Crippen molar-refractivity contribution < 1.29 is 24.0 Å². The number of aliphatic hydroxyl groups is 1. The molecule has 0 aliphatic carbocycles. The van der Waals surface area contributed by atoms with Gasteiger partial charge in [-0.05, 0) is 99.8 Å². The van der Waals surface area contributed by atoms with E-state index in [1.54, 1.807) is 36.7 Å². The molecule has 3 atom stereocenters. The van der Waals surface area contributed by atoms with Gasteiger partial charge in [-0.1, -0.05) is 94.5 Å². The molecule has 3 aromatic carbocycles. The summed E-state index contributed by atoms with van der Waals surface area (Å²) in [4.78, 5) is 46.0. The number of ether oxygens (including phenoxy) is 1. The number of hydrogen-bond acceptors (Lipinski definition) is 14. The zero-order valence-electron chi connectivity index (χ0n) is 43.0. The minimum atomic E-state index is -2.55. The van der Waals surface area contributed by atoms with Gasteiger partial charge in [0.2, 0.25) is 17.8 Å². The smallest absolute Gasteiger partial charge is 0.243 e. The molecule has 2 amide bonds. The fourth-order valence-corrected chi connectivity index (χ4v) is 11.6. The molecule has 0 bridgehead atoms. The maximum atomic E-state index is 14.1. The molecular formula is C54H74ClN10O5PS. The SMILES string of the molecule is COc1cc(N2CCC(NCCCCCCCCNC(C(=O)N3C[C@H](O)C[C@H]3C(=O)NCc3ccc(-c4scnc4C)cc3)C(C)(C)C)CC2)ccc1Nc1ncc(Cl)c(Nc2ccccc2P(C)(C)=O)n1. The number of para-hydroxylation sites is 1. The fourth-order valence-electron chi connectivity index (χ4n) is 9.54. The van der Waals surface area contributed by atoms with E-state index in [2.05, 4.69) is 52.5 Å². The summed E-state index contributed by atoms with van der Waals surface area (Å²) in [6, 6.07) is 21.0. The number of aromatic nitrogens is 3. The van der Waals surface area contributed by atoms with Gasteiger partial charge in [0.05, 0.1) is 52.9 Å². The van der Waals surface area contributed by atoms with Crippen molar-refractivity contribution in [1.29, 1.82) is 0 Å². The van der Waals surface area contributed by atoms with Crippen molar-refractivity contribution in [3.63, 3.8) is 0 Å². The number of unbranched alkanes of at least 4 members (excludes halogenated alkanes) is 5. The largest absolute Gasteiger partial charge is 0.494 e. The van der Waals surface area contributed by atoms with Crippen LogP contribution in [0.5, 0.6) is 5.75 Å². The number of hydrogen-bond donors (Lipinski definition) is 6. The molecule has 7 rings (SSSR count). The van der Waals surface area contributed by atoms with Crippen molar-refractivity contribution in [2.45, 2.75) is 116 Å². The van der Waals surface area contributed by atoms with Crippen LogP contribution in [-0.2, 0) is 20.7 Å². The standard InChI is InChI=1S/C54H74ClN10O5PS/c1-36-48(72-35-60-36)38-20-18-37(19-21-38)32-58-51(67)45-31-41(66)34-65(45)52(68)49(54(2,3)4)57-27-15-11-9-8-10-14-26-56-39-24-28-64(29-25-39)40-22-23-43(46(30-40)70-5)62-53-59-33-42(55)50(63-53)61-44-16-12-13-17-47(44)71(6,7)69/h12-13,16-23,30,33,35,39,41,45,49,56-57,66H,8-11,14-15,24-29,31-32,34H2,1-7H3,(H,58,67)(H2,59,61,62,63)/t41-,45+,49?/m1/s1. The maximum absolute atomic E-state index is 14.1. The number of methoxy groups -OCH3 is 1. The summed E-state index contributed by atoms with van der Waals surface area (Å²) in [6.45, 7) is 15.7. The number of piperidine rings is 1. The normalized spacial score (nSPS) is 17.0. The number of nitrogens with one attached hydrogen (secondary N) is 5. The number of thiazole rings is 1. The monoisotopic (exact) mass is 1040 g/mol. The van der Waals surface area contributed by atoms with Gasteiger partial charge >= 0.3 is 0 Å². The van der Waals surface area contributed by atoms with Crippen LogP contribution in [0.2, 0.25) is 5.02 Å². The lowest BCUT2D eigenvalue weighted by Gasteiger charge is -2.35. The summed E-state index contributed by atoms with van der Waals surface area (Å²) in [7, 11) is -0.895. The Kier molecular flexibility index (Phi) is 19.2. The highest BCUT2D eigenvalue weighted by atomic mass is 35.5. The first-order chi connectivity index (χ1) is 34.5. The van der Waals surface area contributed by atoms with Crippen molar-refractivity contribution >= 4 is 76.0 Å². The number of aryl methyl sites for hydroxylation is 1. The summed E-state index contributed by atoms with van der Waals surface area (Å²) in [5.41, 5.74) is 7.04. The van der Waals surface area contributed by atoms with Crippen LogP contribution >= 0.6 is 30.1 Å². The van der Waals surface area contributed by atoms with Crippen LogP contribution in [-0.4, -0.2) is 114 Å². The number of benzene rings is 3. The van der Waals surface area contributed by atoms with Crippen molar-refractivity contribution in [2.24, 2.45) is 5.41 Å². The van der Waals surface area contributed by atoms with Gasteiger partial charge in [0.25, 0.3) is 0 Å². The molecule has 1 unspecified atom stereocenters. The lowest BCUT2D eigenvalue weighted by Crippen LogP contribution is -2.56. The Hall–Kier alpha value is -5.09. The number of anilines is 5. The first-order valence-electron chi connectivity index (χ1n) is 25.3. The molecule has 2 fully saturated rings. The Morgan fingerprint density at radius 1 is 0.931 bits per heavy atom. The van der Waals surface area contributed by atoms with Crippen molar-refractivity contribution in [2.75, 3.05) is 68.7 Å². The van der Waals surface area contributed by atoms with Gasteiger partial charge in [0, 0.05) is 55.7 Å². The van der Waals surface area contributed by atoms with Crippen LogP contribution in [0, 0.1) is 12.3 Å². The number of amides is 2. The molecule has 0 spiro atoms. The maximum Gasteiger partial charge on any atom is 0.243 e. The van der Waals surface area contributed by atoms with Gasteiger partial charge in [0.15, 0.2) is 5.82 Å². The first kappa shape index (κ1) is 54.7. The number of nitrogens with zero attached hydrogens (tertiary/aromatic N) is 5. The van der Waals surface area contributed by atoms with E-state index in [4.69, 9.17) is 16.3 Å². The van der Waals surface area contributed by atoms with E-state index < -0.39 is 25.3 Å². The lowest BCUT2D eigenvalue weighted by molar-refractivity contribution is -0.142. The van der Waals surface area contributed by atoms with Crippen LogP contribution in [0.15, 0.2) is 78.4 Å². The molecule has 18 heteroatoms. The molecule has 2 aliphatic heterocycles. The molecular weight excluding hydrogens is 967 g/mol. The van der Waals surface area contributed by atoms with Crippen molar-refractivity contribution in [1.82, 2.24) is 35.8 Å². The summed E-state index contributed by atoms with van der Waals surface area (Å²) in [5, 5.41) is 28.6. The molecule has 388 valence electrons. The van der Waals surface area contributed by atoms with Gasteiger partial charge in [-0.3, -0.25) is 9.59 Å². The Balaban J connectivity index is 0.774. The molecule has 2 aliphatic rings. The third-order valence-electron chi connectivity index (χ3n) is 13.6. The fraction of sp³-hybridized carbons (Fsp3) is 0.500. The average Bonchev–Trinajstić information content (AvgIpc) is 3.98.